The SMILES string of the molecule is Cn1c2c(c3cnccc31)C=CC(B1OC(C)(C)C(C)(C)O1)C2. The van der Waals surface area contributed by atoms with Gasteiger partial charge in [-0.3, -0.25) is 4.98 Å². The van der Waals surface area contributed by atoms with Crippen LogP contribution in [0.3, 0.4) is 0 Å². The smallest absolute Gasteiger partial charge is 0.403 e. The number of hydrogen-bond donors (Lipinski definition) is 0. The van der Waals surface area contributed by atoms with Gasteiger partial charge in [0.25, 0.3) is 0 Å². The van der Waals surface area contributed by atoms with Gasteiger partial charge in [-0.1, -0.05) is 12.2 Å². The van der Waals surface area contributed by atoms with E-state index in [9.17, 15) is 0 Å². The lowest BCUT2D eigenvalue weighted by Crippen LogP contribution is -2.41. The summed E-state index contributed by atoms with van der Waals surface area (Å²) in [5.74, 6) is 0.236. The van der Waals surface area contributed by atoms with Gasteiger partial charge in [-0.15, -0.1) is 0 Å². The molecule has 0 radical (unpaired) electrons. The van der Waals surface area contributed by atoms with Gasteiger partial charge in [-0.05, 0) is 40.2 Å². The highest BCUT2D eigenvalue weighted by atomic mass is 16.7. The van der Waals surface area contributed by atoms with Gasteiger partial charge in [0.2, 0.25) is 0 Å². The third-order valence-corrected chi connectivity index (χ3v) is 5.73. The standard InChI is InChI=1S/C18H23BN2O2/c1-17(2)18(3,4)23-19(22-17)12-6-7-13-14-11-20-9-8-15(14)21(5)16(13)10-12/h6-9,11-12H,10H2,1-5H3. The van der Waals surface area contributed by atoms with Crippen LogP contribution in [0.4, 0.5) is 0 Å². The third kappa shape index (κ3) is 2.10. The molecule has 4 nitrogen and oxygen atoms in total. The molecule has 4 rings (SSSR count). The van der Waals surface area contributed by atoms with Crippen LogP contribution in [-0.2, 0) is 22.8 Å². The van der Waals surface area contributed by atoms with Gasteiger partial charge in [0.05, 0.1) is 16.7 Å². The summed E-state index contributed by atoms with van der Waals surface area (Å²) in [5.41, 5.74) is 3.27. The molecule has 2 aromatic heterocycles. The Hall–Kier alpha value is -1.59. The third-order valence-electron chi connectivity index (χ3n) is 5.73. The van der Waals surface area contributed by atoms with E-state index in [-0.39, 0.29) is 24.1 Å². The van der Waals surface area contributed by atoms with Crippen molar-refractivity contribution in [2.75, 3.05) is 0 Å². The summed E-state index contributed by atoms with van der Waals surface area (Å²) < 4.78 is 14.7. The fourth-order valence-corrected chi connectivity index (χ4v) is 3.56. The van der Waals surface area contributed by atoms with E-state index in [4.69, 9.17) is 9.31 Å². The summed E-state index contributed by atoms with van der Waals surface area (Å²) >= 11 is 0. The van der Waals surface area contributed by atoms with Gasteiger partial charge in [-0.2, -0.15) is 0 Å². The fraction of sp³-hybridized carbons (Fsp3) is 0.500. The van der Waals surface area contributed by atoms with E-state index in [1.165, 1.54) is 22.2 Å². The molecule has 1 atom stereocenters. The molecule has 120 valence electrons. The predicted octanol–water partition coefficient (Wildman–Crippen LogP) is 3.61. The average molecular weight is 310 g/mol. The first kappa shape index (κ1) is 15.0. The van der Waals surface area contributed by atoms with Crippen molar-refractivity contribution in [1.82, 2.24) is 9.55 Å². The van der Waals surface area contributed by atoms with Crippen molar-refractivity contribution in [3.63, 3.8) is 0 Å². The Balaban J connectivity index is 1.69. The fourth-order valence-electron chi connectivity index (χ4n) is 3.56. The van der Waals surface area contributed by atoms with Crippen molar-refractivity contribution < 1.29 is 9.31 Å². The van der Waals surface area contributed by atoms with Crippen LogP contribution in [0, 0.1) is 0 Å². The molecule has 5 heteroatoms. The highest BCUT2D eigenvalue weighted by molar-refractivity contribution is 6.48. The lowest BCUT2D eigenvalue weighted by Gasteiger charge is -2.32. The zero-order valence-electron chi connectivity index (χ0n) is 14.5. The first-order valence-corrected chi connectivity index (χ1v) is 8.25. The molecule has 1 saturated heterocycles. The minimum Gasteiger partial charge on any atom is -0.403 e. The number of nitrogens with zero attached hydrogens (tertiary/aromatic N) is 2. The molecule has 2 aromatic rings. The second-order valence-electron chi connectivity index (χ2n) is 7.66. The van der Waals surface area contributed by atoms with Crippen LogP contribution in [0.2, 0.25) is 5.82 Å². The van der Waals surface area contributed by atoms with Gasteiger partial charge < -0.3 is 13.9 Å². The molecule has 1 unspecified atom stereocenters. The first-order chi connectivity index (χ1) is 10.8. The van der Waals surface area contributed by atoms with Crippen LogP contribution in [0.5, 0.6) is 0 Å². The van der Waals surface area contributed by atoms with Crippen LogP contribution >= 0.6 is 0 Å². The molecule has 3 heterocycles. The minimum absolute atomic E-state index is 0.194. The Morgan fingerprint density at radius 1 is 1.22 bits per heavy atom. The van der Waals surface area contributed by atoms with Gasteiger partial charge in [0.15, 0.2) is 0 Å². The summed E-state index contributed by atoms with van der Waals surface area (Å²) in [7, 11) is 1.93. The molecule has 1 aliphatic heterocycles. The summed E-state index contributed by atoms with van der Waals surface area (Å²) in [5, 5.41) is 1.22. The molecule has 0 spiro atoms. The molecular formula is C18H23BN2O2. The van der Waals surface area contributed by atoms with E-state index in [1.807, 2.05) is 12.4 Å². The molecule has 0 saturated carbocycles. The number of allylic oxidation sites excluding steroid dienone is 1. The Bertz CT molecular complexity index is 791. The van der Waals surface area contributed by atoms with Crippen LogP contribution in [0.1, 0.15) is 39.0 Å². The maximum Gasteiger partial charge on any atom is 0.465 e. The van der Waals surface area contributed by atoms with Crippen LogP contribution in [-0.4, -0.2) is 27.9 Å². The van der Waals surface area contributed by atoms with E-state index < -0.39 is 0 Å². The highest BCUT2D eigenvalue weighted by Gasteiger charge is 2.53. The Kier molecular flexibility index (Phi) is 3.07. The summed E-state index contributed by atoms with van der Waals surface area (Å²) in [6.07, 6.45) is 9.17. The molecule has 0 amide bonds. The van der Waals surface area contributed by atoms with Crippen molar-refractivity contribution in [3.05, 3.63) is 35.8 Å². The second-order valence-corrected chi connectivity index (χ2v) is 7.66. The zero-order chi connectivity index (χ0) is 16.4. The summed E-state index contributed by atoms with van der Waals surface area (Å²) in [6.45, 7) is 8.42. The van der Waals surface area contributed by atoms with Crippen molar-refractivity contribution in [2.45, 2.75) is 51.1 Å². The van der Waals surface area contributed by atoms with Crippen LogP contribution < -0.4 is 0 Å². The quantitative estimate of drug-likeness (QED) is 0.755. The van der Waals surface area contributed by atoms with Crippen molar-refractivity contribution in [2.24, 2.45) is 7.05 Å². The van der Waals surface area contributed by atoms with E-state index in [1.54, 1.807) is 0 Å². The van der Waals surface area contributed by atoms with E-state index >= 15 is 0 Å². The Morgan fingerprint density at radius 3 is 2.61 bits per heavy atom. The summed E-state index contributed by atoms with van der Waals surface area (Å²) in [4.78, 5) is 4.27. The van der Waals surface area contributed by atoms with Crippen molar-refractivity contribution >= 4 is 24.1 Å². The molecule has 1 fully saturated rings. The number of hydrogen-bond acceptors (Lipinski definition) is 3. The molecule has 2 aliphatic rings. The second kappa shape index (κ2) is 4.71. The van der Waals surface area contributed by atoms with E-state index in [0.29, 0.717) is 0 Å². The molecular weight excluding hydrogens is 287 g/mol. The molecule has 23 heavy (non-hydrogen) atoms. The van der Waals surface area contributed by atoms with Crippen molar-refractivity contribution in [3.8, 4) is 0 Å². The van der Waals surface area contributed by atoms with E-state index in [0.717, 1.165) is 6.42 Å². The maximum atomic E-state index is 6.24. The van der Waals surface area contributed by atoms with E-state index in [2.05, 4.69) is 62.5 Å². The topological polar surface area (TPSA) is 36.3 Å². The lowest BCUT2D eigenvalue weighted by molar-refractivity contribution is 0.00578. The van der Waals surface area contributed by atoms with Gasteiger partial charge in [0, 0.05) is 41.9 Å². The highest BCUT2D eigenvalue weighted by Crippen LogP contribution is 2.43. The Morgan fingerprint density at radius 2 is 1.91 bits per heavy atom. The lowest BCUT2D eigenvalue weighted by atomic mass is 9.67. The van der Waals surface area contributed by atoms with Crippen molar-refractivity contribution in [1.29, 1.82) is 0 Å². The molecule has 0 bridgehead atoms. The zero-order valence-corrected chi connectivity index (χ0v) is 14.5. The molecule has 0 aromatic carbocycles. The van der Waals surface area contributed by atoms with Crippen LogP contribution in [0.25, 0.3) is 17.0 Å². The maximum absolute atomic E-state index is 6.24. The molecule has 1 aliphatic carbocycles. The number of fused-ring (bicyclic) bond motifs is 3. The average Bonchev–Trinajstić information content (AvgIpc) is 2.91. The first-order valence-electron chi connectivity index (χ1n) is 8.25. The predicted molar refractivity (Wildman–Crippen MR) is 93.3 cm³/mol. The Labute approximate surface area is 137 Å². The summed E-state index contributed by atoms with van der Waals surface area (Å²) in [6, 6.07) is 2.07. The molecule has 0 N–H and O–H groups in total. The minimum atomic E-state index is -0.283. The number of aryl methyl sites for hydroxylation is 1. The van der Waals surface area contributed by atoms with Gasteiger partial charge in [0.1, 0.15) is 0 Å². The van der Waals surface area contributed by atoms with Crippen LogP contribution in [0.15, 0.2) is 24.5 Å². The van der Waals surface area contributed by atoms with Gasteiger partial charge >= 0.3 is 7.12 Å². The largest absolute Gasteiger partial charge is 0.465 e. The monoisotopic (exact) mass is 310 g/mol. The van der Waals surface area contributed by atoms with Gasteiger partial charge in [-0.25, -0.2) is 0 Å². The number of aromatic nitrogens is 2. The normalized spacial score (nSPS) is 25.1. The number of rotatable bonds is 1. The number of pyridine rings is 1.